The lowest BCUT2D eigenvalue weighted by atomic mass is 10.1. The number of hydrogen-bond acceptors (Lipinski definition) is 3. The first kappa shape index (κ1) is 14.3. The van der Waals surface area contributed by atoms with Crippen molar-refractivity contribution in [3.8, 4) is 5.75 Å². The molecule has 0 fully saturated rings. The highest BCUT2D eigenvalue weighted by molar-refractivity contribution is 9.10. The zero-order chi connectivity index (χ0) is 14.5. The molecule has 20 heavy (non-hydrogen) atoms. The van der Waals surface area contributed by atoms with E-state index in [0.717, 1.165) is 10.0 Å². The lowest BCUT2D eigenvalue weighted by Gasteiger charge is -2.02. The molecule has 0 saturated carbocycles. The first-order valence-electron chi connectivity index (χ1n) is 5.95. The minimum Gasteiger partial charge on any atom is -0.507 e. The third-order valence-corrected chi connectivity index (χ3v) is 3.22. The predicted octanol–water partition coefficient (Wildman–Crippen LogP) is 3.23. The van der Waals surface area contributed by atoms with Gasteiger partial charge in [-0.15, -0.1) is 0 Å². The maximum Gasteiger partial charge on any atom is 0.271 e. The van der Waals surface area contributed by atoms with Crippen LogP contribution in [-0.2, 0) is 0 Å². The zero-order valence-corrected chi connectivity index (χ0v) is 12.4. The summed E-state index contributed by atoms with van der Waals surface area (Å²) in [6.45, 7) is 1.80. The molecule has 0 aliphatic heterocycles. The summed E-state index contributed by atoms with van der Waals surface area (Å²) in [5, 5.41) is 13.7. The van der Waals surface area contributed by atoms with E-state index in [9.17, 15) is 9.90 Å². The van der Waals surface area contributed by atoms with E-state index in [1.54, 1.807) is 37.3 Å². The second-order valence-corrected chi connectivity index (χ2v) is 5.14. The van der Waals surface area contributed by atoms with E-state index in [1.807, 2.05) is 12.1 Å². The highest BCUT2D eigenvalue weighted by atomic mass is 79.9. The number of hydrogen-bond donors (Lipinski definition) is 2. The maximum absolute atomic E-state index is 11.8. The third-order valence-electron chi connectivity index (χ3n) is 2.73. The highest BCUT2D eigenvalue weighted by Gasteiger charge is 2.04. The molecule has 0 radical (unpaired) electrons. The van der Waals surface area contributed by atoms with Crippen LogP contribution in [0.15, 0.2) is 52.0 Å². The third kappa shape index (κ3) is 3.45. The number of nitrogens with one attached hydrogen (secondary N) is 1. The molecule has 2 aromatic carbocycles. The molecule has 4 nitrogen and oxygen atoms in total. The number of aryl methyl sites for hydroxylation is 1. The summed E-state index contributed by atoms with van der Waals surface area (Å²) >= 11 is 3.30. The van der Waals surface area contributed by atoms with Gasteiger partial charge in [0.25, 0.3) is 5.91 Å². The molecule has 0 aliphatic rings. The van der Waals surface area contributed by atoms with Crippen LogP contribution in [0.5, 0.6) is 5.75 Å². The van der Waals surface area contributed by atoms with Gasteiger partial charge in [0.1, 0.15) is 5.75 Å². The average molecular weight is 333 g/mol. The van der Waals surface area contributed by atoms with E-state index in [2.05, 4.69) is 26.5 Å². The Kier molecular flexibility index (Phi) is 4.53. The molecule has 0 unspecified atom stereocenters. The second kappa shape index (κ2) is 6.34. The van der Waals surface area contributed by atoms with E-state index in [-0.39, 0.29) is 11.7 Å². The fourth-order valence-corrected chi connectivity index (χ4v) is 2.04. The van der Waals surface area contributed by atoms with Crippen LogP contribution in [0.4, 0.5) is 0 Å². The summed E-state index contributed by atoms with van der Waals surface area (Å²) in [5.41, 5.74) is 4.24. The first-order valence-corrected chi connectivity index (χ1v) is 6.75. The number of carbonyl (C=O) groups is 1. The van der Waals surface area contributed by atoms with Crippen LogP contribution in [0.2, 0.25) is 0 Å². The van der Waals surface area contributed by atoms with Gasteiger partial charge in [0, 0.05) is 15.6 Å². The number of benzene rings is 2. The highest BCUT2D eigenvalue weighted by Crippen LogP contribution is 2.19. The number of hydrazone groups is 1. The van der Waals surface area contributed by atoms with Crippen LogP contribution in [-0.4, -0.2) is 17.2 Å². The van der Waals surface area contributed by atoms with Gasteiger partial charge < -0.3 is 5.11 Å². The Morgan fingerprint density at radius 1 is 1.30 bits per heavy atom. The normalized spacial score (nSPS) is 10.7. The number of nitrogens with zero attached hydrogens (tertiary/aromatic N) is 1. The summed E-state index contributed by atoms with van der Waals surface area (Å²) in [6.07, 6.45) is 1.41. The molecule has 0 heterocycles. The van der Waals surface area contributed by atoms with Gasteiger partial charge in [-0.1, -0.05) is 34.1 Å². The zero-order valence-electron chi connectivity index (χ0n) is 10.8. The largest absolute Gasteiger partial charge is 0.507 e. The summed E-state index contributed by atoms with van der Waals surface area (Å²) in [5.74, 6) is -0.150. The van der Waals surface area contributed by atoms with E-state index < -0.39 is 0 Å². The van der Waals surface area contributed by atoms with E-state index >= 15 is 0 Å². The monoisotopic (exact) mass is 332 g/mol. The molecular weight excluding hydrogens is 320 g/mol. The minimum atomic E-state index is -0.310. The molecule has 0 aliphatic carbocycles. The number of carbonyl (C=O) groups excluding carboxylic acids is 1. The summed E-state index contributed by atoms with van der Waals surface area (Å²) in [6, 6.07) is 12.3. The summed E-state index contributed by atoms with van der Waals surface area (Å²) in [7, 11) is 0. The lowest BCUT2D eigenvalue weighted by molar-refractivity contribution is 0.0955. The quantitative estimate of drug-likeness (QED) is 0.669. The van der Waals surface area contributed by atoms with E-state index in [0.29, 0.717) is 11.1 Å². The van der Waals surface area contributed by atoms with Crippen molar-refractivity contribution >= 4 is 28.1 Å². The molecule has 0 saturated heterocycles. The Morgan fingerprint density at radius 2 is 2.05 bits per heavy atom. The van der Waals surface area contributed by atoms with Crippen molar-refractivity contribution in [2.75, 3.05) is 0 Å². The van der Waals surface area contributed by atoms with Gasteiger partial charge in [-0.25, -0.2) is 5.43 Å². The Hall–Kier alpha value is -2.14. The van der Waals surface area contributed by atoms with Crippen molar-refractivity contribution in [2.24, 2.45) is 5.10 Å². The molecule has 0 spiro atoms. The van der Waals surface area contributed by atoms with Gasteiger partial charge in [0.15, 0.2) is 0 Å². The number of rotatable bonds is 3. The molecule has 102 valence electrons. The number of amides is 1. The van der Waals surface area contributed by atoms with Crippen molar-refractivity contribution < 1.29 is 9.90 Å². The average Bonchev–Trinajstić information content (AvgIpc) is 2.43. The molecule has 0 bridgehead atoms. The van der Waals surface area contributed by atoms with Gasteiger partial charge in [-0.05, 0) is 36.8 Å². The van der Waals surface area contributed by atoms with Crippen LogP contribution in [0.25, 0.3) is 0 Å². The van der Waals surface area contributed by atoms with Crippen molar-refractivity contribution in [1.29, 1.82) is 0 Å². The Morgan fingerprint density at radius 3 is 2.80 bits per heavy atom. The van der Waals surface area contributed by atoms with Gasteiger partial charge in [0.05, 0.1) is 6.21 Å². The smallest absolute Gasteiger partial charge is 0.271 e. The second-order valence-electron chi connectivity index (χ2n) is 4.22. The van der Waals surface area contributed by atoms with Crippen molar-refractivity contribution in [1.82, 2.24) is 5.43 Å². The van der Waals surface area contributed by atoms with Crippen LogP contribution < -0.4 is 5.43 Å². The molecule has 2 aromatic rings. The van der Waals surface area contributed by atoms with E-state index in [4.69, 9.17) is 0 Å². The van der Waals surface area contributed by atoms with Crippen LogP contribution >= 0.6 is 15.9 Å². The lowest BCUT2D eigenvalue weighted by Crippen LogP contribution is -2.17. The number of aromatic hydroxyl groups is 1. The Balaban J connectivity index is 2.07. The van der Waals surface area contributed by atoms with E-state index in [1.165, 1.54) is 6.21 Å². The fraction of sp³-hybridized carbons (Fsp3) is 0.0667. The van der Waals surface area contributed by atoms with Crippen LogP contribution in [0, 0.1) is 6.92 Å². The van der Waals surface area contributed by atoms with Gasteiger partial charge in [0.2, 0.25) is 0 Å². The number of para-hydroxylation sites is 1. The maximum atomic E-state index is 11.8. The molecular formula is C15H13BrN2O2. The summed E-state index contributed by atoms with van der Waals surface area (Å²) < 4.78 is 0.824. The Bertz CT molecular complexity index is 669. The van der Waals surface area contributed by atoms with Crippen molar-refractivity contribution in [3.63, 3.8) is 0 Å². The Labute approximate surface area is 125 Å². The first-order chi connectivity index (χ1) is 9.58. The van der Waals surface area contributed by atoms with Crippen LogP contribution in [0.3, 0.4) is 0 Å². The molecule has 0 atom stereocenters. The molecule has 2 rings (SSSR count). The molecule has 0 aromatic heterocycles. The topological polar surface area (TPSA) is 61.7 Å². The van der Waals surface area contributed by atoms with Crippen molar-refractivity contribution in [2.45, 2.75) is 6.92 Å². The standard InChI is InChI=1S/C15H13BrN2O2/c1-10-4-2-6-12(14(10)19)9-17-18-15(20)11-5-3-7-13(16)8-11/h2-9,19H,1H3,(H,18,20)/b17-9-. The molecule has 5 heteroatoms. The minimum absolute atomic E-state index is 0.160. The van der Waals surface area contributed by atoms with Crippen LogP contribution in [0.1, 0.15) is 21.5 Å². The fourth-order valence-electron chi connectivity index (χ4n) is 1.64. The van der Waals surface area contributed by atoms with Crippen molar-refractivity contribution in [3.05, 3.63) is 63.6 Å². The molecule has 1 amide bonds. The SMILES string of the molecule is Cc1cccc(/C=N\NC(=O)c2cccc(Br)c2)c1O. The molecule has 2 N–H and O–H groups in total. The van der Waals surface area contributed by atoms with Gasteiger partial charge >= 0.3 is 0 Å². The summed E-state index contributed by atoms with van der Waals surface area (Å²) in [4.78, 5) is 11.8. The number of halogens is 1. The predicted molar refractivity (Wildman–Crippen MR) is 82.0 cm³/mol. The van der Waals surface area contributed by atoms with Gasteiger partial charge in [-0.3, -0.25) is 4.79 Å². The van der Waals surface area contributed by atoms with Gasteiger partial charge in [-0.2, -0.15) is 5.10 Å². The number of phenolic OH excluding ortho intramolecular Hbond substituents is 1. The number of phenols is 1.